The van der Waals surface area contributed by atoms with Crippen LogP contribution in [-0.4, -0.2) is 18.1 Å². The highest BCUT2D eigenvalue weighted by atomic mass is 35.5. The Labute approximate surface area is 100 Å². The van der Waals surface area contributed by atoms with Crippen LogP contribution < -0.4 is 0 Å². The Morgan fingerprint density at radius 1 is 1.56 bits per heavy atom. The molecule has 0 aliphatic heterocycles. The Morgan fingerprint density at radius 2 is 2.19 bits per heavy atom. The molecule has 0 bridgehead atoms. The number of nitrogens with zero attached hydrogens (tertiary/aromatic N) is 1. The molecule has 0 fully saturated rings. The second kappa shape index (κ2) is 5.41. The predicted octanol–water partition coefficient (Wildman–Crippen LogP) is 3.04. The van der Waals surface area contributed by atoms with Crippen molar-refractivity contribution >= 4 is 29.2 Å². The summed E-state index contributed by atoms with van der Waals surface area (Å²) in [5.41, 5.74) is -0.344. The van der Waals surface area contributed by atoms with Crippen LogP contribution >= 0.6 is 23.2 Å². The molecule has 0 radical (unpaired) electrons. The van der Waals surface area contributed by atoms with Gasteiger partial charge in [0, 0.05) is 10.6 Å². The van der Waals surface area contributed by atoms with Gasteiger partial charge in [0.2, 0.25) is 0 Å². The van der Waals surface area contributed by atoms with Gasteiger partial charge in [0.25, 0.3) is 6.43 Å². The molecule has 0 unspecified atom stereocenters. The van der Waals surface area contributed by atoms with Gasteiger partial charge in [-0.05, 0) is 6.07 Å². The van der Waals surface area contributed by atoms with Crippen LogP contribution in [0.15, 0.2) is 6.07 Å². The second-order valence-corrected chi connectivity index (χ2v) is 3.62. The maximum absolute atomic E-state index is 12.3. The van der Waals surface area contributed by atoms with Crippen molar-refractivity contribution in [1.29, 1.82) is 0 Å². The molecular formula is C9H7Cl2F2NO2. The molecule has 0 spiro atoms. The fourth-order valence-electron chi connectivity index (χ4n) is 1.01. The number of aromatic nitrogens is 1. The zero-order chi connectivity index (χ0) is 12.3. The Bertz CT molecular complexity index is 389. The maximum atomic E-state index is 12.3. The Kier molecular flexibility index (Phi) is 4.44. The molecule has 1 heterocycles. The van der Waals surface area contributed by atoms with Crippen LogP contribution in [0.1, 0.15) is 17.7 Å². The van der Waals surface area contributed by atoms with Crippen LogP contribution in [0.2, 0.25) is 10.2 Å². The lowest BCUT2D eigenvalue weighted by molar-refractivity contribution is -0.139. The van der Waals surface area contributed by atoms with Gasteiger partial charge in [-0.25, -0.2) is 13.8 Å². The minimum Gasteiger partial charge on any atom is -0.469 e. The zero-order valence-corrected chi connectivity index (χ0v) is 9.65. The smallest absolute Gasteiger partial charge is 0.310 e. The van der Waals surface area contributed by atoms with Crippen molar-refractivity contribution in [3.8, 4) is 0 Å². The first-order valence-corrected chi connectivity index (χ1v) is 4.91. The van der Waals surface area contributed by atoms with Crippen LogP contribution in [0.5, 0.6) is 0 Å². The molecule has 7 heteroatoms. The Balaban J connectivity index is 3.07. The van der Waals surface area contributed by atoms with E-state index >= 15 is 0 Å². The van der Waals surface area contributed by atoms with Crippen molar-refractivity contribution in [3.05, 3.63) is 27.5 Å². The van der Waals surface area contributed by atoms with E-state index in [-0.39, 0.29) is 22.2 Å². The molecule has 88 valence electrons. The highest BCUT2D eigenvalue weighted by molar-refractivity contribution is 6.35. The highest BCUT2D eigenvalue weighted by Gasteiger charge is 2.17. The average molecular weight is 270 g/mol. The zero-order valence-electron chi connectivity index (χ0n) is 8.14. The molecular weight excluding hydrogens is 263 g/mol. The number of carbonyl (C=O) groups excluding carboxylic acids is 1. The summed E-state index contributed by atoms with van der Waals surface area (Å²) in [6, 6.07) is 0.983. The van der Waals surface area contributed by atoms with Crippen molar-refractivity contribution in [2.24, 2.45) is 0 Å². The van der Waals surface area contributed by atoms with Crippen molar-refractivity contribution in [2.45, 2.75) is 12.8 Å². The number of methoxy groups -OCH3 is 1. The average Bonchev–Trinajstić information content (AvgIpc) is 2.22. The van der Waals surface area contributed by atoms with E-state index in [1.807, 2.05) is 0 Å². The number of rotatable bonds is 3. The van der Waals surface area contributed by atoms with Crippen molar-refractivity contribution in [3.63, 3.8) is 0 Å². The van der Waals surface area contributed by atoms with Crippen molar-refractivity contribution < 1.29 is 18.3 Å². The molecule has 1 aromatic rings. The summed E-state index contributed by atoms with van der Waals surface area (Å²) < 4.78 is 29.0. The molecule has 1 aromatic heterocycles. The van der Waals surface area contributed by atoms with Crippen molar-refractivity contribution in [1.82, 2.24) is 4.98 Å². The summed E-state index contributed by atoms with van der Waals surface area (Å²) >= 11 is 11.4. The topological polar surface area (TPSA) is 39.2 Å². The van der Waals surface area contributed by atoms with E-state index < -0.39 is 18.1 Å². The van der Waals surface area contributed by atoms with Gasteiger partial charge in [0.05, 0.1) is 13.5 Å². The summed E-state index contributed by atoms with van der Waals surface area (Å²) in [5.74, 6) is -0.574. The number of alkyl halides is 2. The van der Waals surface area contributed by atoms with Crippen LogP contribution in [-0.2, 0) is 16.0 Å². The first kappa shape index (κ1) is 13.1. The van der Waals surface area contributed by atoms with Gasteiger partial charge in [-0.3, -0.25) is 4.79 Å². The first-order chi connectivity index (χ1) is 7.45. The van der Waals surface area contributed by atoms with Gasteiger partial charge in [0.15, 0.2) is 0 Å². The largest absolute Gasteiger partial charge is 0.469 e. The monoisotopic (exact) mass is 269 g/mol. The summed E-state index contributed by atoms with van der Waals surface area (Å²) in [6.45, 7) is 0. The predicted molar refractivity (Wildman–Crippen MR) is 54.9 cm³/mol. The van der Waals surface area contributed by atoms with Crippen LogP contribution in [0, 0.1) is 0 Å². The number of esters is 1. The fourth-order valence-corrected chi connectivity index (χ4v) is 1.60. The minimum atomic E-state index is -2.76. The van der Waals surface area contributed by atoms with Gasteiger partial charge in [-0.2, -0.15) is 0 Å². The van der Waals surface area contributed by atoms with Crippen molar-refractivity contribution in [2.75, 3.05) is 7.11 Å². The number of halogens is 4. The summed E-state index contributed by atoms with van der Waals surface area (Å²) in [5, 5.41) is -0.242. The highest BCUT2D eigenvalue weighted by Crippen LogP contribution is 2.28. The molecule has 0 aromatic carbocycles. The summed E-state index contributed by atoms with van der Waals surface area (Å²) in [6.07, 6.45) is -2.97. The number of pyridine rings is 1. The number of hydrogen-bond acceptors (Lipinski definition) is 3. The third-order valence-electron chi connectivity index (χ3n) is 1.81. The summed E-state index contributed by atoms with van der Waals surface area (Å²) in [4.78, 5) is 14.4. The number of carbonyl (C=O) groups is 1. The first-order valence-electron chi connectivity index (χ1n) is 4.15. The SMILES string of the molecule is COC(=O)Cc1c(Cl)cc(C(F)F)nc1Cl. The van der Waals surface area contributed by atoms with Crippen LogP contribution in [0.25, 0.3) is 0 Å². The standard InChI is InChI=1S/C9H7Cl2F2NO2/c1-16-7(15)2-4-5(10)3-6(9(12)13)14-8(4)11/h3,9H,2H2,1H3. The van der Waals surface area contributed by atoms with E-state index in [1.165, 1.54) is 7.11 Å². The van der Waals surface area contributed by atoms with Gasteiger partial charge >= 0.3 is 5.97 Å². The molecule has 0 saturated carbocycles. The molecule has 0 amide bonds. The summed E-state index contributed by atoms with van der Waals surface area (Å²) in [7, 11) is 1.20. The fraction of sp³-hybridized carbons (Fsp3) is 0.333. The Morgan fingerprint density at radius 3 is 2.62 bits per heavy atom. The van der Waals surface area contributed by atoms with E-state index in [4.69, 9.17) is 23.2 Å². The molecule has 16 heavy (non-hydrogen) atoms. The van der Waals surface area contributed by atoms with Crippen LogP contribution in [0.3, 0.4) is 0 Å². The number of ether oxygens (including phenoxy) is 1. The molecule has 0 saturated heterocycles. The number of hydrogen-bond donors (Lipinski definition) is 0. The van der Waals surface area contributed by atoms with Gasteiger partial charge < -0.3 is 4.74 Å². The second-order valence-electron chi connectivity index (χ2n) is 2.85. The van der Waals surface area contributed by atoms with E-state index in [0.29, 0.717) is 0 Å². The molecule has 3 nitrogen and oxygen atoms in total. The molecule has 1 rings (SSSR count). The lowest BCUT2D eigenvalue weighted by atomic mass is 10.2. The molecule has 0 N–H and O–H groups in total. The normalized spacial score (nSPS) is 10.6. The Hall–Kier alpha value is -0.940. The molecule has 0 atom stereocenters. The van der Waals surface area contributed by atoms with Crippen LogP contribution in [0.4, 0.5) is 8.78 Å². The minimum absolute atomic E-state index is 0.0271. The third-order valence-corrected chi connectivity index (χ3v) is 2.46. The quantitative estimate of drug-likeness (QED) is 0.626. The van der Waals surface area contributed by atoms with E-state index in [9.17, 15) is 13.6 Å². The molecule has 0 aliphatic carbocycles. The van der Waals surface area contributed by atoms with E-state index in [2.05, 4.69) is 9.72 Å². The lowest BCUT2D eigenvalue weighted by Crippen LogP contribution is -2.07. The lowest BCUT2D eigenvalue weighted by Gasteiger charge is -2.07. The van der Waals surface area contributed by atoms with Gasteiger partial charge in [-0.15, -0.1) is 0 Å². The third kappa shape index (κ3) is 3.02. The maximum Gasteiger partial charge on any atom is 0.310 e. The van der Waals surface area contributed by atoms with Gasteiger partial charge in [0.1, 0.15) is 10.8 Å². The van der Waals surface area contributed by atoms with Gasteiger partial charge in [-0.1, -0.05) is 23.2 Å². The van der Waals surface area contributed by atoms with E-state index in [1.54, 1.807) is 0 Å². The molecule has 0 aliphatic rings. The van der Waals surface area contributed by atoms with E-state index in [0.717, 1.165) is 6.07 Å².